The summed E-state index contributed by atoms with van der Waals surface area (Å²) in [6, 6.07) is 11.6. The molecule has 0 aliphatic carbocycles. The average molecular weight is 338 g/mol. The van der Waals surface area contributed by atoms with Crippen molar-refractivity contribution in [3.8, 4) is 0 Å². The highest BCUT2D eigenvalue weighted by Crippen LogP contribution is 2.31. The van der Waals surface area contributed by atoms with E-state index < -0.39 is 12.1 Å². The first-order valence-corrected chi connectivity index (χ1v) is 8.37. The highest BCUT2D eigenvalue weighted by atomic mass is 16.2. The molecule has 0 fully saturated rings. The van der Waals surface area contributed by atoms with Crippen LogP contribution in [0.2, 0.25) is 0 Å². The van der Waals surface area contributed by atoms with Gasteiger partial charge in [-0.15, -0.1) is 0 Å². The number of carbonyl (C=O) groups excluding carboxylic acids is 2. The Bertz CT molecular complexity index is 776. The van der Waals surface area contributed by atoms with E-state index in [-0.39, 0.29) is 17.7 Å². The molecule has 0 saturated heterocycles. The fourth-order valence-corrected chi connectivity index (χ4v) is 2.91. The van der Waals surface area contributed by atoms with Gasteiger partial charge in [0.15, 0.2) is 0 Å². The van der Waals surface area contributed by atoms with Crippen molar-refractivity contribution in [2.24, 2.45) is 11.7 Å². The van der Waals surface area contributed by atoms with Gasteiger partial charge in [0, 0.05) is 18.3 Å². The van der Waals surface area contributed by atoms with Crippen LogP contribution in [0.1, 0.15) is 19.4 Å². The third-order valence-electron chi connectivity index (χ3n) is 4.41. The number of nitrogens with zero attached hydrogens (tertiary/aromatic N) is 2. The van der Waals surface area contributed by atoms with Crippen LogP contribution in [0.25, 0.3) is 0 Å². The fourth-order valence-electron chi connectivity index (χ4n) is 2.91. The summed E-state index contributed by atoms with van der Waals surface area (Å²) in [6.45, 7) is 3.77. The maximum absolute atomic E-state index is 12.9. The van der Waals surface area contributed by atoms with Crippen LogP contribution < -0.4 is 16.0 Å². The van der Waals surface area contributed by atoms with E-state index in [1.807, 2.05) is 50.2 Å². The molecule has 2 atom stereocenters. The van der Waals surface area contributed by atoms with Gasteiger partial charge in [0.05, 0.1) is 6.04 Å². The Morgan fingerprint density at radius 3 is 2.60 bits per heavy atom. The van der Waals surface area contributed by atoms with Crippen LogP contribution >= 0.6 is 0 Å². The number of carbonyl (C=O) groups is 2. The van der Waals surface area contributed by atoms with Gasteiger partial charge in [-0.05, 0) is 29.7 Å². The van der Waals surface area contributed by atoms with E-state index in [0.29, 0.717) is 17.9 Å². The van der Waals surface area contributed by atoms with Crippen LogP contribution in [0.4, 0.5) is 11.5 Å². The van der Waals surface area contributed by atoms with E-state index in [1.54, 1.807) is 12.3 Å². The Hall–Kier alpha value is -2.73. The summed E-state index contributed by atoms with van der Waals surface area (Å²) in [7, 11) is 0. The average Bonchev–Trinajstić information content (AvgIpc) is 3.01. The van der Waals surface area contributed by atoms with Crippen LogP contribution in [0.3, 0.4) is 0 Å². The summed E-state index contributed by atoms with van der Waals surface area (Å²) in [6.07, 6.45) is 2.05. The zero-order chi connectivity index (χ0) is 18.0. The molecule has 0 radical (unpaired) electrons. The Morgan fingerprint density at radius 1 is 1.20 bits per heavy atom. The third-order valence-corrected chi connectivity index (χ3v) is 4.41. The number of anilines is 2. The molecule has 2 amide bonds. The summed E-state index contributed by atoms with van der Waals surface area (Å²) in [4.78, 5) is 31.5. The van der Waals surface area contributed by atoms with Crippen LogP contribution in [-0.2, 0) is 16.0 Å². The fraction of sp³-hybridized carbons (Fsp3) is 0.316. The molecule has 6 nitrogen and oxygen atoms in total. The quantitative estimate of drug-likeness (QED) is 0.892. The van der Waals surface area contributed by atoms with Crippen molar-refractivity contribution in [2.75, 3.05) is 10.2 Å². The van der Waals surface area contributed by atoms with E-state index in [0.717, 1.165) is 5.56 Å². The van der Waals surface area contributed by atoms with Gasteiger partial charge in [-0.25, -0.2) is 4.98 Å². The Morgan fingerprint density at radius 2 is 1.92 bits per heavy atom. The lowest BCUT2D eigenvalue weighted by Crippen LogP contribution is -2.53. The molecular weight excluding hydrogens is 316 g/mol. The van der Waals surface area contributed by atoms with E-state index in [9.17, 15) is 9.59 Å². The number of benzene rings is 1. The molecule has 0 bridgehead atoms. The molecule has 0 saturated carbocycles. The van der Waals surface area contributed by atoms with Crippen LogP contribution in [0.5, 0.6) is 0 Å². The Balaban J connectivity index is 1.89. The molecule has 3 rings (SSSR count). The SMILES string of the molecule is CC(C)[C@H](N)C(=O)N1c2ncccc2C[C@H]1C(=O)Nc1ccccc1. The van der Waals surface area contributed by atoms with Crippen molar-refractivity contribution in [3.63, 3.8) is 0 Å². The van der Waals surface area contributed by atoms with E-state index in [2.05, 4.69) is 10.3 Å². The summed E-state index contributed by atoms with van der Waals surface area (Å²) < 4.78 is 0. The van der Waals surface area contributed by atoms with Crippen LogP contribution in [0.15, 0.2) is 48.7 Å². The van der Waals surface area contributed by atoms with Crippen molar-refractivity contribution in [3.05, 3.63) is 54.2 Å². The first-order valence-electron chi connectivity index (χ1n) is 8.37. The molecule has 25 heavy (non-hydrogen) atoms. The van der Waals surface area contributed by atoms with Gasteiger partial charge in [0.1, 0.15) is 11.9 Å². The predicted octanol–water partition coefficient (Wildman–Crippen LogP) is 1.96. The van der Waals surface area contributed by atoms with Gasteiger partial charge in [-0.1, -0.05) is 38.1 Å². The van der Waals surface area contributed by atoms with Crippen molar-refractivity contribution < 1.29 is 9.59 Å². The molecule has 0 unspecified atom stereocenters. The number of nitrogens with one attached hydrogen (secondary N) is 1. The molecule has 1 aliphatic rings. The number of fused-ring (bicyclic) bond motifs is 1. The monoisotopic (exact) mass is 338 g/mol. The Kier molecular flexibility index (Phi) is 4.81. The number of hydrogen-bond donors (Lipinski definition) is 2. The number of amides is 2. The minimum absolute atomic E-state index is 0.0295. The maximum Gasteiger partial charge on any atom is 0.247 e. The zero-order valence-electron chi connectivity index (χ0n) is 14.3. The first-order chi connectivity index (χ1) is 12.0. The molecular formula is C19H22N4O2. The molecule has 6 heteroatoms. The van der Waals surface area contributed by atoms with E-state index in [4.69, 9.17) is 5.73 Å². The number of rotatable bonds is 4. The van der Waals surface area contributed by atoms with Gasteiger partial charge >= 0.3 is 0 Å². The molecule has 0 spiro atoms. The molecule has 1 aromatic carbocycles. The number of para-hydroxylation sites is 1. The normalized spacial score (nSPS) is 17.3. The molecule has 1 aliphatic heterocycles. The van der Waals surface area contributed by atoms with Crippen LogP contribution in [0, 0.1) is 5.92 Å². The van der Waals surface area contributed by atoms with Gasteiger partial charge in [0.25, 0.3) is 0 Å². The lowest BCUT2D eigenvalue weighted by atomic mass is 10.0. The van der Waals surface area contributed by atoms with Crippen molar-refractivity contribution in [1.82, 2.24) is 4.98 Å². The summed E-state index contributed by atoms with van der Waals surface area (Å²) in [5.41, 5.74) is 7.63. The van der Waals surface area contributed by atoms with E-state index in [1.165, 1.54) is 4.90 Å². The van der Waals surface area contributed by atoms with Crippen molar-refractivity contribution >= 4 is 23.3 Å². The predicted molar refractivity (Wildman–Crippen MR) is 97.1 cm³/mol. The lowest BCUT2D eigenvalue weighted by molar-refractivity contribution is -0.124. The Labute approximate surface area is 147 Å². The highest BCUT2D eigenvalue weighted by Gasteiger charge is 2.41. The summed E-state index contributed by atoms with van der Waals surface area (Å²) >= 11 is 0. The summed E-state index contributed by atoms with van der Waals surface area (Å²) in [5.74, 6) is -0.0240. The summed E-state index contributed by atoms with van der Waals surface area (Å²) in [5, 5.41) is 2.87. The maximum atomic E-state index is 12.9. The zero-order valence-corrected chi connectivity index (χ0v) is 14.3. The minimum Gasteiger partial charge on any atom is -0.324 e. The van der Waals surface area contributed by atoms with E-state index >= 15 is 0 Å². The third kappa shape index (κ3) is 3.39. The highest BCUT2D eigenvalue weighted by molar-refractivity contribution is 6.08. The number of hydrogen-bond acceptors (Lipinski definition) is 4. The minimum atomic E-state index is -0.681. The number of aromatic nitrogens is 1. The topological polar surface area (TPSA) is 88.3 Å². The van der Waals surface area contributed by atoms with Gasteiger partial charge in [0.2, 0.25) is 11.8 Å². The first kappa shape index (κ1) is 17.1. The van der Waals surface area contributed by atoms with Gasteiger partial charge in [-0.2, -0.15) is 0 Å². The second kappa shape index (κ2) is 7.03. The second-order valence-corrected chi connectivity index (χ2v) is 6.54. The largest absolute Gasteiger partial charge is 0.324 e. The van der Waals surface area contributed by atoms with Gasteiger partial charge in [-0.3, -0.25) is 14.5 Å². The number of pyridine rings is 1. The smallest absolute Gasteiger partial charge is 0.247 e. The molecule has 3 N–H and O–H groups in total. The second-order valence-electron chi connectivity index (χ2n) is 6.54. The lowest BCUT2D eigenvalue weighted by Gasteiger charge is -2.28. The molecule has 2 heterocycles. The molecule has 2 aromatic rings. The molecule has 1 aromatic heterocycles. The van der Waals surface area contributed by atoms with Crippen molar-refractivity contribution in [1.29, 1.82) is 0 Å². The number of nitrogens with two attached hydrogens (primary N) is 1. The van der Waals surface area contributed by atoms with Crippen molar-refractivity contribution in [2.45, 2.75) is 32.4 Å². The standard InChI is InChI=1S/C19H22N4O2/c1-12(2)16(20)19(25)23-15(11-13-7-6-10-21-17(13)23)18(24)22-14-8-4-3-5-9-14/h3-10,12,15-16H,11,20H2,1-2H3,(H,22,24)/t15-,16-/m0/s1. The van der Waals surface area contributed by atoms with Crippen LogP contribution in [-0.4, -0.2) is 28.9 Å². The van der Waals surface area contributed by atoms with Gasteiger partial charge < -0.3 is 11.1 Å². The molecule has 130 valence electrons.